The molecule has 0 aliphatic rings. The summed E-state index contributed by atoms with van der Waals surface area (Å²) >= 11 is 0. The normalized spacial score (nSPS) is 10.6. The number of nitrogens with zero attached hydrogens (tertiary/aromatic N) is 2. The van der Waals surface area contributed by atoms with Crippen LogP contribution in [-0.2, 0) is 13.1 Å². The molecule has 0 bridgehead atoms. The van der Waals surface area contributed by atoms with Gasteiger partial charge in [0.25, 0.3) is 6.01 Å². The first kappa shape index (κ1) is 12.6. The Morgan fingerprint density at radius 2 is 2.11 bits per heavy atom. The van der Waals surface area contributed by atoms with Gasteiger partial charge in [-0.15, -0.1) is 0 Å². The van der Waals surface area contributed by atoms with E-state index in [4.69, 9.17) is 4.42 Å². The summed E-state index contributed by atoms with van der Waals surface area (Å²) in [5, 5.41) is 3.05. The quantitative estimate of drug-likeness (QED) is 0.878. The number of aryl methyl sites for hydroxylation is 1. The number of oxazole rings is 1. The highest BCUT2D eigenvalue weighted by Gasteiger charge is 2.10. The first-order chi connectivity index (χ1) is 8.70. The summed E-state index contributed by atoms with van der Waals surface area (Å²) in [5.74, 6) is 0. The average Bonchev–Trinajstić information content (AvgIpc) is 2.81. The van der Waals surface area contributed by atoms with Crippen molar-refractivity contribution in [3.63, 3.8) is 0 Å². The van der Waals surface area contributed by atoms with E-state index in [1.54, 1.807) is 6.26 Å². The van der Waals surface area contributed by atoms with Crippen LogP contribution in [0.4, 0.5) is 6.01 Å². The fourth-order valence-corrected chi connectivity index (χ4v) is 1.84. The smallest absolute Gasteiger partial charge is 0.297 e. The molecular weight excluding hydrogens is 226 g/mol. The molecule has 2 rings (SSSR count). The van der Waals surface area contributed by atoms with Gasteiger partial charge in [0.05, 0.1) is 5.69 Å². The van der Waals surface area contributed by atoms with E-state index in [9.17, 15) is 0 Å². The minimum absolute atomic E-state index is 0.656. The summed E-state index contributed by atoms with van der Waals surface area (Å²) < 4.78 is 5.47. The van der Waals surface area contributed by atoms with Crippen LogP contribution in [-0.4, -0.2) is 19.1 Å². The Morgan fingerprint density at radius 1 is 1.33 bits per heavy atom. The Kier molecular flexibility index (Phi) is 3.99. The SMILES string of the molecule is CNCc1coc(N(C)Cc2ccccc2C)n1. The molecule has 0 saturated carbocycles. The molecule has 0 atom stereocenters. The van der Waals surface area contributed by atoms with Crippen LogP contribution in [0.5, 0.6) is 0 Å². The predicted molar refractivity (Wildman–Crippen MR) is 72.6 cm³/mol. The summed E-state index contributed by atoms with van der Waals surface area (Å²) in [4.78, 5) is 6.44. The van der Waals surface area contributed by atoms with Gasteiger partial charge < -0.3 is 14.6 Å². The molecule has 1 N–H and O–H groups in total. The van der Waals surface area contributed by atoms with Crippen molar-refractivity contribution in [2.24, 2.45) is 0 Å². The van der Waals surface area contributed by atoms with Crippen LogP contribution in [0.1, 0.15) is 16.8 Å². The molecular formula is C14H19N3O. The van der Waals surface area contributed by atoms with Gasteiger partial charge >= 0.3 is 0 Å². The molecule has 1 heterocycles. The molecule has 96 valence electrons. The fourth-order valence-electron chi connectivity index (χ4n) is 1.84. The van der Waals surface area contributed by atoms with Crippen LogP contribution in [0, 0.1) is 6.92 Å². The van der Waals surface area contributed by atoms with Crippen molar-refractivity contribution in [3.05, 3.63) is 47.3 Å². The third-order valence-electron chi connectivity index (χ3n) is 2.89. The van der Waals surface area contributed by atoms with Gasteiger partial charge in [0.15, 0.2) is 0 Å². The van der Waals surface area contributed by atoms with Crippen molar-refractivity contribution >= 4 is 6.01 Å². The van der Waals surface area contributed by atoms with Crippen molar-refractivity contribution in [1.82, 2.24) is 10.3 Å². The lowest BCUT2D eigenvalue weighted by molar-refractivity contribution is 0.543. The number of hydrogen-bond acceptors (Lipinski definition) is 4. The number of nitrogens with one attached hydrogen (secondary N) is 1. The number of benzene rings is 1. The molecule has 0 radical (unpaired) electrons. The van der Waals surface area contributed by atoms with Crippen LogP contribution in [0.25, 0.3) is 0 Å². The van der Waals surface area contributed by atoms with Crippen LogP contribution in [0.15, 0.2) is 34.9 Å². The molecule has 0 saturated heterocycles. The molecule has 0 aliphatic carbocycles. The van der Waals surface area contributed by atoms with Crippen molar-refractivity contribution in [2.75, 3.05) is 19.0 Å². The van der Waals surface area contributed by atoms with Crippen molar-refractivity contribution in [1.29, 1.82) is 0 Å². The zero-order valence-corrected chi connectivity index (χ0v) is 11.1. The maximum Gasteiger partial charge on any atom is 0.297 e. The molecule has 0 aliphatic heterocycles. The van der Waals surface area contributed by atoms with E-state index < -0.39 is 0 Å². The highest BCUT2D eigenvalue weighted by Crippen LogP contribution is 2.16. The molecule has 4 heteroatoms. The standard InChI is InChI=1S/C14H19N3O/c1-11-6-4-5-7-12(11)9-17(3)14-16-13(8-15-2)10-18-14/h4-7,10,15H,8-9H2,1-3H3. The zero-order chi connectivity index (χ0) is 13.0. The average molecular weight is 245 g/mol. The van der Waals surface area contributed by atoms with E-state index in [1.165, 1.54) is 11.1 Å². The highest BCUT2D eigenvalue weighted by atomic mass is 16.4. The third-order valence-corrected chi connectivity index (χ3v) is 2.89. The molecule has 0 unspecified atom stereocenters. The molecule has 18 heavy (non-hydrogen) atoms. The molecule has 0 amide bonds. The van der Waals surface area contributed by atoms with Gasteiger partial charge in [-0.05, 0) is 25.1 Å². The van der Waals surface area contributed by atoms with Gasteiger partial charge in [-0.1, -0.05) is 24.3 Å². The molecule has 0 fully saturated rings. The maximum absolute atomic E-state index is 5.47. The van der Waals surface area contributed by atoms with Gasteiger partial charge in [-0.25, -0.2) is 0 Å². The molecule has 4 nitrogen and oxygen atoms in total. The van der Waals surface area contributed by atoms with E-state index in [0.717, 1.165) is 18.8 Å². The van der Waals surface area contributed by atoms with Crippen LogP contribution in [0.3, 0.4) is 0 Å². The fraction of sp³-hybridized carbons (Fsp3) is 0.357. The monoisotopic (exact) mass is 245 g/mol. The second-order valence-corrected chi connectivity index (χ2v) is 4.43. The van der Waals surface area contributed by atoms with Crippen LogP contribution in [0.2, 0.25) is 0 Å². The highest BCUT2D eigenvalue weighted by molar-refractivity contribution is 5.32. The molecule has 2 aromatic rings. The Bertz CT molecular complexity index is 507. The number of rotatable bonds is 5. The number of hydrogen-bond donors (Lipinski definition) is 1. The summed E-state index contributed by atoms with van der Waals surface area (Å²) in [6, 6.07) is 9.00. The van der Waals surface area contributed by atoms with Gasteiger partial charge in [0.1, 0.15) is 6.26 Å². The predicted octanol–water partition coefficient (Wildman–Crippen LogP) is 2.34. The number of anilines is 1. The summed E-state index contributed by atoms with van der Waals surface area (Å²) in [7, 11) is 3.88. The lowest BCUT2D eigenvalue weighted by Gasteiger charge is -2.15. The van der Waals surface area contributed by atoms with Crippen molar-refractivity contribution in [3.8, 4) is 0 Å². The lowest BCUT2D eigenvalue weighted by atomic mass is 10.1. The second kappa shape index (κ2) is 5.69. The third kappa shape index (κ3) is 2.90. The van der Waals surface area contributed by atoms with Crippen LogP contribution < -0.4 is 10.2 Å². The van der Waals surface area contributed by atoms with Crippen LogP contribution >= 0.6 is 0 Å². The Balaban J connectivity index is 2.07. The minimum Gasteiger partial charge on any atom is -0.432 e. The zero-order valence-electron chi connectivity index (χ0n) is 11.1. The summed E-state index contributed by atoms with van der Waals surface area (Å²) in [5.41, 5.74) is 3.49. The van der Waals surface area contributed by atoms with Gasteiger partial charge in [0.2, 0.25) is 0 Å². The number of aromatic nitrogens is 1. The van der Waals surface area contributed by atoms with Gasteiger partial charge in [-0.2, -0.15) is 4.98 Å². The van der Waals surface area contributed by atoms with Crippen molar-refractivity contribution < 1.29 is 4.42 Å². The van der Waals surface area contributed by atoms with Gasteiger partial charge in [-0.3, -0.25) is 0 Å². The van der Waals surface area contributed by atoms with E-state index in [1.807, 2.05) is 19.0 Å². The largest absolute Gasteiger partial charge is 0.432 e. The van der Waals surface area contributed by atoms with E-state index in [2.05, 4.69) is 41.5 Å². The summed E-state index contributed by atoms with van der Waals surface area (Å²) in [6.07, 6.45) is 1.69. The van der Waals surface area contributed by atoms with E-state index >= 15 is 0 Å². The molecule has 0 spiro atoms. The Hall–Kier alpha value is -1.81. The first-order valence-electron chi connectivity index (χ1n) is 6.05. The topological polar surface area (TPSA) is 41.3 Å². The second-order valence-electron chi connectivity index (χ2n) is 4.43. The lowest BCUT2D eigenvalue weighted by Crippen LogP contribution is -2.17. The van der Waals surface area contributed by atoms with E-state index in [-0.39, 0.29) is 0 Å². The van der Waals surface area contributed by atoms with Crippen molar-refractivity contribution in [2.45, 2.75) is 20.0 Å². The maximum atomic E-state index is 5.47. The first-order valence-corrected chi connectivity index (χ1v) is 6.05. The van der Waals surface area contributed by atoms with E-state index in [0.29, 0.717) is 6.01 Å². The molecule has 1 aromatic carbocycles. The summed E-state index contributed by atoms with van der Waals surface area (Å²) in [6.45, 7) is 3.64. The Morgan fingerprint density at radius 3 is 2.83 bits per heavy atom. The minimum atomic E-state index is 0.656. The molecule has 1 aromatic heterocycles. The van der Waals surface area contributed by atoms with Gasteiger partial charge in [0, 0.05) is 20.1 Å². The Labute approximate surface area is 108 Å².